The first-order valence-corrected chi connectivity index (χ1v) is 6.46. The molecule has 5 nitrogen and oxygen atoms in total. The van der Waals surface area contributed by atoms with E-state index in [0.717, 1.165) is 25.9 Å². The number of amides is 1. The third kappa shape index (κ3) is 3.10. The second-order valence-electron chi connectivity index (χ2n) is 4.90. The summed E-state index contributed by atoms with van der Waals surface area (Å²) in [5.41, 5.74) is 0.468. The number of aromatic nitrogens is 1. The number of piperidine rings is 1. The smallest absolute Gasteiger partial charge is 0.356 e. The Balaban J connectivity index is 2.16. The fourth-order valence-corrected chi connectivity index (χ4v) is 2.31. The van der Waals surface area contributed by atoms with Crippen molar-refractivity contribution in [3.63, 3.8) is 0 Å². The van der Waals surface area contributed by atoms with E-state index in [0.29, 0.717) is 11.6 Å². The van der Waals surface area contributed by atoms with Crippen molar-refractivity contribution in [3.8, 4) is 0 Å². The van der Waals surface area contributed by atoms with Crippen molar-refractivity contribution in [2.24, 2.45) is 5.92 Å². The molecule has 1 fully saturated rings. The minimum Gasteiger partial charge on any atom is -0.464 e. The van der Waals surface area contributed by atoms with Gasteiger partial charge < -0.3 is 9.64 Å². The van der Waals surface area contributed by atoms with Crippen LogP contribution in [0, 0.1) is 5.92 Å². The number of hydrogen-bond donors (Lipinski definition) is 0. The predicted molar refractivity (Wildman–Crippen MR) is 69.9 cm³/mol. The van der Waals surface area contributed by atoms with Gasteiger partial charge in [-0.25, -0.2) is 9.78 Å². The molecule has 2 heterocycles. The Morgan fingerprint density at radius 2 is 2.11 bits per heavy atom. The zero-order valence-electron chi connectivity index (χ0n) is 11.3. The van der Waals surface area contributed by atoms with Crippen LogP contribution in [0.5, 0.6) is 0 Å². The molecule has 0 aliphatic carbocycles. The quantitative estimate of drug-likeness (QED) is 0.762. The van der Waals surface area contributed by atoms with E-state index < -0.39 is 5.97 Å². The third-order valence-corrected chi connectivity index (χ3v) is 3.31. The summed E-state index contributed by atoms with van der Waals surface area (Å²) in [5.74, 6) is -0.125. The zero-order chi connectivity index (χ0) is 13.8. The highest BCUT2D eigenvalue weighted by Gasteiger charge is 2.23. The summed E-state index contributed by atoms with van der Waals surface area (Å²) in [6.45, 7) is 3.65. The summed E-state index contributed by atoms with van der Waals surface area (Å²) >= 11 is 0. The Kier molecular flexibility index (Phi) is 4.14. The highest BCUT2D eigenvalue weighted by atomic mass is 16.5. The summed E-state index contributed by atoms with van der Waals surface area (Å²) in [6, 6.07) is 4.83. The number of esters is 1. The largest absolute Gasteiger partial charge is 0.464 e. The Hall–Kier alpha value is -1.91. The second-order valence-corrected chi connectivity index (χ2v) is 4.90. The fourth-order valence-electron chi connectivity index (χ4n) is 2.31. The van der Waals surface area contributed by atoms with Crippen molar-refractivity contribution in [2.75, 3.05) is 20.2 Å². The van der Waals surface area contributed by atoms with Gasteiger partial charge in [-0.2, -0.15) is 0 Å². The molecule has 0 spiro atoms. The topological polar surface area (TPSA) is 59.5 Å². The van der Waals surface area contributed by atoms with E-state index in [9.17, 15) is 9.59 Å². The average molecular weight is 262 g/mol. The third-order valence-electron chi connectivity index (χ3n) is 3.31. The maximum absolute atomic E-state index is 12.3. The minimum absolute atomic E-state index is 0.114. The summed E-state index contributed by atoms with van der Waals surface area (Å²) in [6.07, 6.45) is 2.17. The maximum atomic E-state index is 12.3. The molecule has 0 radical (unpaired) electrons. The van der Waals surface area contributed by atoms with Gasteiger partial charge in [-0.1, -0.05) is 13.0 Å². The molecule has 19 heavy (non-hydrogen) atoms. The first-order valence-electron chi connectivity index (χ1n) is 6.46. The molecular weight excluding hydrogens is 244 g/mol. The number of rotatable bonds is 2. The first kappa shape index (κ1) is 13.5. The van der Waals surface area contributed by atoms with Crippen LogP contribution in [-0.4, -0.2) is 42.0 Å². The molecule has 5 heteroatoms. The van der Waals surface area contributed by atoms with E-state index in [1.54, 1.807) is 23.1 Å². The Bertz CT molecular complexity index is 487. The molecular formula is C14H18N2O3. The molecule has 0 N–H and O–H groups in total. The van der Waals surface area contributed by atoms with Gasteiger partial charge in [0.2, 0.25) is 0 Å². The molecule has 1 amide bonds. The number of pyridine rings is 1. The van der Waals surface area contributed by atoms with Crippen LogP contribution < -0.4 is 0 Å². The lowest BCUT2D eigenvalue weighted by molar-refractivity contribution is 0.0593. The van der Waals surface area contributed by atoms with Crippen LogP contribution in [0.2, 0.25) is 0 Å². The normalized spacial score (nSPS) is 19.1. The van der Waals surface area contributed by atoms with Gasteiger partial charge in [0.05, 0.1) is 7.11 Å². The van der Waals surface area contributed by atoms with Crippen molar-refractivity contribution >= 4 is 11.9 Å². The molecule has 1 unspecified atom stereocenters. The number of carbonyl (C=O) groups is 2. The van der Waals surface area contributed by atoms with Crippen molar-refractivity contribution in [2.45, 2.75) is 19.8 Å². The fraction of sp³-hybridized carbons (Fsp3) is 0.500. The molecule has 1 aliphatic rings. The predicted octanol–water partition coefficient (Wildman–Crippen LogP) is 1.74. The van der Waals surface area contributed by atoms with Crippen LogP contribution in [0.15, 0.2) is 18.2 Å². The second kappa shape index (κ2) is 5.82. The van der Waals surface area contributed by atoms with Crippen molar-refractivity contribution in [1.29, 1.82) is 0 Å². The first-order chi connectivity index (χ1) is 9.11. The lowest BCUT2D eigenvalue weighted by atomic mass is 10.00. The van der Waals surface area contributed by atoms with E-state index >= 15 is 0 Å². The molecule has 0 aromatic carbocycles. The van der Waals surface area contributed by atoms with Gasteiger partial charge in [0.1, 0.15) is 11.4 Å². The van der Waals surface area contributed by atoms with E-state index in [1.807, 2.05) is 0 Å². The van der Waals surface area contributed by atoms with Gasteiger partial charge in [-0.3, -0.25) is 4.79 Å². The minimum atomic E-state index is -0.526. The molecule has 1 aromatic rings. The van der Waals surface area contributed by atoms with Crippen LogP contribution >= 0.6 is 0 Å². The number of hydrogen-bond acceptors (Lipinski definition) is 4. The van der Waals surface area contributed by atoms with E-state index in [4.69, 9.17) is 0 Å². The number of methoxy groups -OCH3 is 1. The number of carbonyl (C=O) groups excluding carboxylic acids is 2. The number of ether oxygens (including phenoxy) is 1. The monoisotopic (exact) mass is 262 g/mol. The highest BCUT2D eigenvalue weighted by Crippen LogP contribution is 2.17. The number of nitrogens with zero attached hydrogens (tertiary/aromatic N) is 2. The summed E-state index contributed by atoms with van der Waals surface area (Å²) in [4.78, 5) is 29.6. The van der Waals surface area contributed by atoms with Crippen LogP contribution in [0.1, 0.15) is 40.7 Å². The number of likely N-dealkylation sites (tertiary alicyclic amines) is 1. The van der Waals surface area contributed by atoms with Crippen molar-refractivity contribution in [1.82, 2.24) is 9.88 Å². The summed E-state index contributed by atoms with van der Waals surface area (Å²) in [5, 5.41) is 0. The molecule has 0 bridgehead atoms. The summed E-state index contributed by atoms with van der Waals surface area (Å²) in [7, 11) is 1.30. The zero-order valence-corrected chi connectivity index (χ0v) is 11.3. The highest BCUT2D eigenvalue weighted by molar-refractivity contribution is 5.94. The van der Waals surface area contributed by atoms with Crippen molar-refractivity contribution < 1.29 is 14.3 Å². The molecule has 1 atom stereocenters. The average Bonchev–Trinajstić information content (AvgIpc) is 2.45. The Morgan fingerprint density at radius 3 is 2.79 bits per heavy atom. The molecule has 1 aromatic heterocycles. The van der Waals surface area contributed by atoms with Crippen LogP contribution in [-0.2, 0) is 4.74 Å². The Morgan fingerprint density at radius 1 is 1.37 bits per heavy atom. The SMILES string of the molecule is COC(=O)c1cccc(C(=O)N2CCCC(C)C2)n1. The van der Waals surface area contributed by atoms with Gasteiger partial charge in [0.15, 0.2) is 0 Å². The lowest BCUT2D eigenvalue weighted by Crippen LogP contribution is -2.39. The standard InChI is InChI=1S/C14H18N2O3/c1-10-5-4-8-16(9-10)13(17)11-6-3-7-12(15-11)14(18)19-2/h3,6-7,10H,4-5,8-9H2,1-2H3. The van der Waals surface area contributed by atoms with Crippen LogP contribution in [0.25, 0.3) is 0 Å². The van der Waals surface area contributed by atoms with Gasteiger partial charge in [0, 0.05) is 13.1 Å². The van der Waals surface area contributed by atoms with Crippen molar-refractivity contribution in [3.05, 3.63) is 29.6 Å². The molecule has 0 saturated carbocycles. The van der Waals surface area contributed by atoms with Gasteiger partial charge in [0.25, 0.3) is 5.91 Å². The van der Waals surface area contributed by atoms with Crippen LogP contribution in [0.3, 0.4) is 0 Å². The lowest BCUT2D eigenvalue weighted by Gasteiger charge is -2.30. The van der Waals surface area contributed by atoms with E-state index in [1.165, 1.54) is 7.11 Å². The Labute approximate surface area is 112 Å². The van der Waals surface area contributed by atoms with Gasteiger partial charge in [-0.15, -0.1) is 0 Å². The maximum Gasteiger partial charge on any atom is 0.356 e. The van der Waals surface area contributed by atoms with E-state index in [2.05, 4.69) is 16.6 Å². The summed E-state index contributed by atoms with van der Waals surface area (Å²) < 4.78 is 4.61. The molecule has 1 aliphatic heterocycles. The van der Waals surface area contributed by atoms with E-state index in [-0.39, 0.29) is 11.6 Å². The molecule has 1 saturated heterocycles. The van der Waals surface area contributed by atoms with Crippen LogP contribution in [0.4, 0.5) is 0 Å². The van der Waals surface area contributed by atoms with Gasteiger partial charge in [-0.05, 0) is 30.9 Å². The molecule has 102 valence electrons. The van der Waals surface area contributed by atoms with Gasteiger partial charge >= 0.3 is 5.97 Å². The molecule has 2 rings (SSSR count).